The van der Waals surface area contributed by atoms with E-state index in [1.54, 1.807) is 12.3 Å². The predicted octanol–water partition coefficient (Wildman–Crippen LogP) is 4.33. The quantitative estimate of drug-likeness (QED) is 0.535. The van der Waals surface area contributed by atoms with E-state index < -0.39 is 14.4 Å². The second kappa shape index (κ2) is 8.20. The van der Waals surface area contributed by atoms with Crippen molar-refractivity contribution >= 4 is 8.32 Å². The highest BCUT2D eigenvalue weighted by atomic mass is 28.4. The van der Waals surface area contributed by atoms with Crippen molar-refractivity contribution in [1.82, 2.24) is 0 Å². The van der Waals surface area contributed by atoms with Crippen LogP contribution < -0.4 is 0 Å². The van der Waals surface area contributed by atoms with Gasteiger partial charge in [-0.25, -0.2) is 0 Å². The Balaban J connectivity index is 4.67. The van der Waals surface area contributed by atoms with Crippen molar-refractivity contribution in [2.24, 2.45) is 5.92 Å². The molecule has 2 atom stereocenters. The zero-order valence-corrected chi connectivity index (χ0v) is 15.6. The predicted molar refractivity (Wildman–Crippen MR) is 88.3 cm³/mol. The van der Waals surface area contributed by atoms with Gasteiger partial charge in [0.05, 0.1) is 25.1 Å². The molecule has 0 aromatic heterocycles. The number of hydrogen-bond acceptors (Lipinski definition) is 3. The summed E-state index contributed by atoms with van der Waals surface area (Å²) in [6, 6.07) is 0. The molecule has 0 saturated heterocycles. The Morgan fingerprint density at radius 3 is 2.15 bits per heavy atom. The Kier molecular flexibility index (Phi) is 8.07. The molecule has 0 radical (unpaired) electrons. The van der Waals surface area contributed by atoms with Gasteiger partial charge in [-0.2, -0.15) is 0 Å². The minimum atomic E-state index is -1.80. The number of aliphatic hydroxyl groups is 1. The fourth-order valence-electron chi connectivity index (χ4n) is 1.57. The second-order valence-electron chi connectivity index (χ2n) is 7.25. The van der Waals surface area contributed by atoms with Gasteiger partial charge in [-0.3, -0.25) is 0 Å². The highest BCUT2D eigenvalue weighted by Crippen LogP contribution is 2.38. The van der Waals surface area contributed by atoms with E-state index >= 15 is 0 Å². The molecule has 0 aromatic carbocycles. The molecule has 3 nitrogen and oxygen atoms in total. The fourth-order valence-corrected chi connectivity index (χ4v) is 3.05. The number of rotatable bonds is 8. The van der Waals surface area contributed by atoms with Crippen LogP contribution >= 0.6 is 0 Å². The summed E-state index contributed by atoms with van der Waals surface area (Å²) >= 11 is 0. The van der Waals surface area contributed by atoms with Gasteiger partial charge in [-0.05, 0) is 37.0 Å². The first-order valence-corrected chi connectivity index (χ1v) is 10.6. The van der Waals surface area contributed by atoms with Gasteiger partial charge in [-0.15, -0.1) is 0 Å². The van der Waals surface area contributed by atoms with Crippen LogP contribution in [-0.2, 0) is 9.16 Å². The Labute approximate surface area is 126 Å². The Bertz CT molecular complexity index is 293. The van der Waals surface area contributed by atoms with Gasteiger partial charge in [0.1, 0.15) is 0 Å². The molecule has 0 rings (SSSR count). The molecule has 0 aromatic rings. The topological polar surface area (TPSA) is 38.7 Å². The largest absolute Gasteiger partial charge is 0.502 e. The van der Waals surface area contributed by atoms with Crippen LogP contribution in [0.5, 0.6) is 0 Å². The van der Waals surface area contributed by atoms with Crippen LogP contribution in [0.1, 0.15) is 48.0 Å². The molecule has 1 N–H and O–H groups in total. The Morgan fingerprint density at radius 1 is 1.20 bits per heavy atom. The molecule has 0 aliphatic carbocycles. The average molecular weight is 303 g/mol. The average Bonchev–Trinajstić information content (AvgIpc) is 2.26. The van der Waals surface area contributed by atoms with E-state index in [9.17, 15) is 5.11 Å². The van der Waals surface area contributed by atoms with E-state index in [2.05, 4.69) is 47.7 Å². The van der Waals surface area contributed by atoms with Gasteiger partial charge < -0.3 is 14.3 Å². The van der Waals surface area contributed by atoms with Gasteiger partial charge in [0.2, 0.25) is 0 Å². The zero-order valence-electron chi connectivity index (χ0n) is 14.6. The number of ether oxygens (including phenoxy) is 1. The lowest BCUT2D eigenvalue weighted by Gasteiger charge is -2.40. The van der Waals surface area contributed by atoms with Crippen LogP contribution in [0, 0.1) is 5.92 Å². The van der Waals surface area contributed by atoms with Crippen LogP contribution in [0.25, 0.3) is 0 Å². The van der Waals surface area contributed by atoms with Crippen molar-refractivity contribution in [2.75, 3.05) is 6.61 Å². The Hall–Kier alpha value is -0.323. The van der Waals surface area contributed by atoms with Crippen LogP contribution in [-0.4, -0.2) is 32.2 Å². The maximum Gasteiger partial charge on any atom is 0.192 e. The number of aliphatic hydroxyl groups excluding tert-OH is 1. The van der Waals surface area contributed by atoms with E-state index in [-0.39, 0.29) is 11.1 Å². The van der Waals surface area contributed by atoms with E-state index in [4.69, 9.17) is 9.16 Å². The molecule has 0 heterocycles. The molecule has 0 amide bonds. The van der Waals surface area contributed by atoms with Gasteiger partial charge in [0, 0.05) is 6.42 Å². The highest BCUT2D eigenvalue weighted by Gasteiger charge is 2.39. The monoisotopic (exact) mass is 302 g/mol. The molecule has 120 valence electrons. The maximum atomic E-state index is 10.1. The van der Waals surface area contributed by atoms with Gasteiger partial charge >= 0.3 is 0 Å². The summed E-state index contributed by atoms with van der Waals surface area (Å²) in [6.07, 6.45) is 3.46. The molecule has 0 spiro atoms. The first-order valence-electron chi connectivity index (χ1n) is 7.65. The van der Waals surface area contributed by atoms with E-state index in [1.165, 1.54) is 0 Å². The normalized spacial score (nSPS) is 16.7. The highest BCUT2D eigenvalue weighted by molar-refractivity contribution is 6.74. The lowest BCUT2D eigenvalue weighted by atomic mass is 10.0. The summed E-state index contributed by atoms with van der Waals surface area (Å²) < 4.78 is 11.6. The third-order valence-electron chi connectivity index (χ3n) is 4.03. The van der Waals surface area contributed by atoms with Crippen LogP contribution in [0.15, 0.2) is 12.3 Å². The second-order valence-corrected chi connectivity index (χ2v) is 12.0. The number of hydrogen-bond donors (Lipinski definition) is 1. The molecule has 20 heavy (non-hydrogen) atoms. The summed E-state index contributed by atoms with van der Waals surface area (Å²) in [4.78, 5) is 0. The summed E-state index contributed by atoms with van der Waals surface area (Å²) in [5, 5.41) is 10.3. The smallest absolute Gasteiger partial charge is 0.192 e. The van der Waals surface area contributed by atoms with E-state index in [1.807, 2.05) is 6.92 Å². The van der Waals surface area contributed by atoms with Crippen molar-refractivity contribution < 1.29 is 14.3 Å². The van der Waals surface area contributed by atoms with E-state index in [0.717, 1.165) is 0 Å². The Morgan fingerprint density at radius 2 is 1.75 bits per heavy atom. The third-order valence-corrected chi connectivity index (χ3v) is 8.54. The molecule has 0 unspecified atom stereocenters. The van der Waals surface area contributed by atoms with Crippen molar-refractivity contribution in [2.45, 2.75) is 78.3 Å². The van der Waals surface area contributed by atoms with Gasteiger partial charge in [0.15, 0.2) is 8.32 Å². The first-order chi connectivity index (χ1) is 9.01. The van der Waals surface area contributed by atoms with Gasteiger partial charge in [0.25, 0.3) is 0 Å². The van der Waals surface area contributed by atoms with E-state index in [0.29, 0.717) is 18.9 Å². The van der Waals surface area contributed by atoms with Crippen molar-refractivity contribution in [3.8, 4) is 0 Å². The molecule has 0 fully saturated rings. The molecule has 0 aliphatic rings. The molecule has 0 aliphatic heterocycles. The SMILES string of the molecule is CCO/C=C/[C@H](O)C[C@H](O[Si](C)(C)C(C)(C)C)C(C)C. The molecule has 0 bridgehead atoms. The van der Waals surface area contributed by atoms with Crippen molar-refractivity contribution in [1.29, 1.82) is 0 Å². The fraction of sp³-hybridized carbons (Fsp3) is 0.875. The van der Waals surface area contributed by atoms with Crippen molar-refractivity contribution in [3.63, 3.8) is 0 Å². The maximum absolute atomic E-state index is 10.1. The summed E-state index contributed by atoms with van der Waals surface area (Å²) in [7, 11) is -1.80. The standard InChI is InChI=1S/C16H34O3Si/c1-9-18-11-10-14(17)12-15(13(2)3)19-20(7,8)16(4,5)6/h10-11,13-15,17H,9,12H2,1-8H3/b11-10+/t14-,15-/m0/s1. The molecular weight excluding hydrogens is 268 g/mol. The summed E-state index contributed by atoms with van der Waals surface area (Å²) in [5.41, 5.74) is 0. The summed E-state index contributed by atoms with van der Waals surface area (Å²) in [6.45, 7) is 18.1. The minimum absolute atomic E-state index is 0.0807. The van der Waals surface area contributed by atoms with Crippen LogP contribution in [0.2, 0.25) is 18.1 Å². The first kappa shape index (κ1) is 19.7. The lowest BCUT2D eigenvalue weighted by molar-refractivity contribution is 0.0778. The minimum Gasteiger partial charge on any atom is -0.502 e. The molecule has 4 heteroatoms. The van der Waals surface area contributed by atoms with Crippen LogP contribution in [0.4, 0.5) is 0 Å². The van der Waals surface area contributed by atoms with Crippen molar-refractivity contribution in [3.05, 3.63) is 12.3 Å². The molecule has 0 saturated carbocycles. The molecular formula is C16H34O3Si. The van der Waals surface area contributed by atoms with Gasteiger partial charge in [-0.1, -0.05) is 34.6 Å². The van der Waals surface area contributed by atoms with Crippen LogP contribution in [0.3, 0.4) is 0 Å². The lowest BCUT2D eigenvalue weighted by Crippen LogP contribution is -2.45. The summed E-state index contributed by atoms with van der Waals surface area (Å²) in [5.74, 6) is 0.388. The zero-order chi connectivity index (χ0) is 16.0. The third kappa shape index (κ3) is 6.91.